The topological polar surface area (TPSA) is 53.6 Å². The number of halogens is 3. The summed E-state index contributed by atoms with van der Waals surface area (Å²) >= 11 is 0. The first kappa shape index (κ1) is 16.5. The fraction of sp³-hybridized carbons (Fsp3) is 0.692. The van der Waals surface area contributed by atoms with Crippen LogP contribution in [0.1, 0.15) is 38.7 Å². The first-order chi connectivity index (χ1) is 9.30. The van der Waals surface area contributed by atoms with Gasteiger partial charge in [-0.3, -0.25) is 10.00 Å². The zero-order chi connectivity index (χ0) is 15.2. The largest absolute Gasteiger partial charge is 0.419 e. The Morgan fingerprint density at radius 1 is 1.40 bits per heavy atom. The molecule has 4 nitrogen and oxygen atoms in total. The Bertz CT molecular complexity index is 461. The van der Waals surface area contributed by atoms with Gasteiger partial charge in [-0.2, -0.15) is 23.5 Å². The van der Waals surface area contributed by atoms with Crippen LogP contribution in [0.15, 0.2) is 12.4 Å². The Morgan fingerprint density at radius 2 is 2.10 bits per heavy atom. The van der Waals surface area contributed by atoms with Crippen molar-refractivity contribution in [1.29, 1.82) is 5.26 Å². The van der Waals surface area contributed by atoms with Gasteiger partial charge in [-0.1, -0.05) is 6.92 Å². The first-order valence-electron chi connectivity index (χ1n) is 6.56. The monoisotopic (exact) mass is 288 g/mol. The van der Waals surface area contributed by atoms with Crippen LogP contribution >= 0.6 is 0 Å². The zero-order valence-electron chi connectivity index (χ0n) is 11.7. The molecule has 0 aromatic carbocycles. The highest BCUT2D eigenvalue weighted by atomic mass is 19.4. The van der Waals surface area contributed by atoms with Crippen LogP contribution in [-0.2, 0) is 12.7 Å². The third-order valence-corrected chi connectivity index (χ3v) is 3.09. The molecule has 1 atom stereocenters. The van der Waals surface area contributed by atoms with Crippen molar-refractivity contribution in [3.05, 3.63) is 18.0 Å². The normalized spacial score (nSPS) is 14.8. The van der Waals surface area contributed by atoms with Crippen LogP contribution in [0.5, 0.6) is 0 Å². The standard InChI is InChI=1S/C13H19F3N4/c1-3-18-12(2,10-17)6-4-5-7-20-9-11(8-19-20)13(14,15)16/h8-9,18H,3-7H2,1-2H3. The SMILES string of the molecule is CCNC(C)(C#N)CCCCn1cc(C(F)(F)F)cn1. The van der Waals surface area contributed by atoms with Crippen LogP contribution in [-0.4, -0.2) is 21.9 Å². The Labute approximate surface area is 116 Å². The Hall–Kier alpha value is -1.55. The number of unbranched alkanes of at least 4 members (excludes halogenated alkanes) is 1. The fourth-order valence-corrected chi connectivity index (χ4v) is 1.96. The second-order valence-electron chi connectivity index (χ2n) is 4.92. The van der Waals surface area contributed by atoms with E-state index in [1.54, 1.807) is 0 Å². The quantitative estimate of drug-likeness (QED) is 0.785. The molecule has 0 amide bonds. The maximum Gasteiger partial charge on any atom is 0.419 e. The highest BCUT2D eigenvalue weighted by Crippen LogP contribution is 2.28. The number of rotatable bonds is 7. The predicted molar refractivity (Wildman–Crippen MR) is 68.8 cm³/mol. The minimum atomic E-state index is -4.34. The van der Waals surface area contributed by atoms with E-state index < -0.39 is 17.3 Å². The molecular weight excluding hydrogens is 269 g/mol. The van der Waals surface area contributed by atoms with Crippen molar-refractivity contribution in [2.24, 2.45) is 0 Å². The van der Waals surface area contributed by atoms with Gasteiger partial charge < -0.3 is 0 Å². The van der Waals surface area contributed by atoms with Crippen molar-refractivity contribution < 1.29 is 13.2 Å². The highest BCUT2D eigenvalue weighted by Gasteiger charge is 2.32. The van der Waals surface area contributed by atoms with E-state index in [4.69, 9.17) is 5.26 Å². The molecule has 0 aliphatic carbocycles. The minimum absolute atomic E-state index is 0.420. The van der Waals surface area contributed by atoms with E-state index in [0.717, 1.165) is 18.8 Å². The molecule has 20 heavy (non-hydrogen) atoms. The Morgan fingerprint density at radius 3 is 2.60 bits per heavy atom. The predicted octanol–water partition coefficient (Wildman–Crippen LogP) is 2.96. The first-order valence-corrected chi connectivity index (χ1v) is 6.56. The molecule has 1 N–H and O–H groups in total. The fourth-order valence-electron chi connectivity index (χ4n) is 1.96. The van der Waals surface area contributed by atoms with E-state index in [0.29, 0.717) is 25.9 Å². The van der Waals surface area contributed by atoms with Crippen LogP contribution < -0.4 is 5.32 Å². The lowest BCUT2D eigenvalue weighted by Crippen LogP contribution is -2.40. The zero-order valence-corrected chi connectivity index (χ0v) is 11.7. The summed E-state index contributed by atoms with van der Waals surface area (Å²) in [6.07, 6.45) is -0.418. The van der Waals surface area contributed by atoms with Gasteiger partial charge in [0.15, 0.2) is 0 Å². The maximum atomic E-state index is 12.4. The summed E-state index contributed by atoms with van der Waals surface area (Å²) in [5.74, 6) is 0. The van der Waals surface area contributed by atoms with Crippen molar-refractivity contribution >= 4 is 0 Å². The molecule has 0 aliphatic heterocycles. The number of aromatic nitrogens is 2. The Balaban J connectivity index is 2.38. The molecule has 1 unspecified atom stereocenters. The average molecular weight is 288 g/mol. The molecule has 0 fully saturated rings. The molecule has 0 bridgehead atoms. The van der Waals surface area contributed by atoms with Crippen molar-refractivity contribution in [3.8, 4) is 6.07 Å². The van der Waals surface area contributed by atoms with E-state index in [9.17, 15) is 13.2 Å². The van der Waals surface area contributed by atoms with Gasteiger partial charge in [-0.25, -0.2) is 0 Å². The summed E-state index contributed by atoms with van der Waals surface area (Å²) in [6.45, 7) is 4.88. The van der Waals surface area contributed by atoms with Crippen molar-refractivity contribution in [3.63, 3.8) is 0 Å². The van der Waals surface area contributed by atoms with Crippen LogP contribution in [0.2, 0.25) is 0 Å². The van der Waals surface area contributed by atoms with Crippen molar-refractivity contribution in [2.45, 2.75) is 51.4 Å². The van der Waals surface area contributed by atoms with Crippen LogP contribution in [0.4, 0.5) is 13.2 Å². The molecule has 1 heterocycles. The molecule has 112 valence electrons. The van der Waals surface area contributed by atoms with E-state index in [2.05, 4.69) is 16.5 Å². The van der Waals surface area contributed by atoms with Crippen LogP contribution in [0.3, 0.4) is 0 Å². The lowest BCUT2D eigenvalue weighted by molar-refractivity contribution is -0.137. The van der Waals surface area contributed by atoms with Gasteiger partial charge in [0.05, 0.1) is 17.8 Å². The van der Waals surface area contributed by atoms with Crippen molar-refractivity contribution in [1.82, 2.24) is 15.1 Å². The second-order valence-corrected chi connectivity index (χ2v) is 4.92. The lowest BCUT2D eigenvalue weighted by Gasteiger charge is -2.22. The van der Waals surface area contributed by atoms with Gasteiger partial charge in [0.1, 0.15) is 5.54 Å². The van der Waals surface area contributed by atoms with E-state index in [1.807, 2.05) is 13.8 Å². The van der Waals surface area contributed by atoms with Gasteiger partial charge in [0.25, 0.3) is 0 Å². The number of nitrogens with one attached hydrogen (secondary N) is 1. The second kappa shape index (κ2) is 6.75. The average Bonchev–Trinajstić information content (AvgIpc) is 2.84. The molecule has 0 radical (unpaired) electrons. The third kappa shape index (κ3) is 4.85. The third-order valence-electron chi connectivity index (χ3n) is 3.09. The lowest BCUT2D eigenvalue weighted by atomic mass is 9.96. The molecule has 0 aliphatic rings. The van der Waals surface area contributed by atoms with Crippen LogP contribution in [0, 0.1) is 11.3 Å². The van der Waals surface area contributed by atoms with E-state index in [1.165, 1.54) is 4.68 Å². The number of hydrogen-bond donors (Lipinski definition) is 1. The summed E-state index contributed by atoms with van der Waals surface area (Å²) < 4.78 is 38.4. The molecule has 0 spiro atoms. The molecule has 1 rings (SSSR count). The molecule has 1 aromatic rings. The molecule has 7 heteroatoms. The molecule has 1 aromatic heterocycles. The summed E-state index contributed by atoms with van der Waals surface area (Å²) in [4.78, 5) is 0. The van der Waals surface area contributed by atoms with Crippen LogP contribution in [0.25, 0.3) is 0 Å². The van der Waals surface area contributed by atoms with Gasteiger partial charge in [-0.05, 0) is 32.7 Å². The van der Waals surface area contributed by atoms with Gasteiger partial charge >= 0.3 is 6.18 Å². The van der Waals surface area contributed by atoms with Crippen molar-refractivity contribution in [2.75, 3.05) is 6.54 Å². The molecular formula is C13H19F3N4. The number of aryl methyl sites for hydroxylation is 1. The molecule has 0 saturated carbocycles. The molecule has 0 saturated heterocycles. The van der Waals surface area contributed by atoms with Gasteiger partial charge in [-0.15, -0.1) is 0 Å². The summed E-state index contributed by atoms with van der Waals surface area (Å²) in [5.41, 5.74) is -1.30. The summed E-state index contributed by atoms with van der Waals surface area (Å²) in [5, 5.41) is 15.9. The highest BCUT2D eigenvalue weighted by molar-refractivity contribution is 5.08. The smallest absolute Gasteiger partial charge is 0.300 e. The summed E-state index contributed by atoms with van der Waals surface area (Å²) in [7, 11) is 0. The summed E-state index contributed by atoms with van der Waals surface area (Å²) in [6, 6.07) is 2.22. The number of nitriles is 1. The number of hydrogen-bond acceptors (Lipinski definition) is 3. The number of alkyl halides is 3. The van der Waals surface area contributed by atoms with Gasteiger partial charge in [0, 0.05) is 12.7 Å². The van der Waals surface area contributed by atoms with E-state index in [-0.39, 0.29) is 0 Å². The number of nitrogens with zero attached hydrogens (tertiary/aromatic N) is 3. The maximum absolute atomic E-state index is 12.4. The Kier molecular flexibility index (Phi) is 5.57. The van der Waals surface area contributed by atoms with Gasteiger partial charge in [0.2, 0.25) is 0 Å². The minimum Gasteiger partial charge on any atom is -0.300 e. The van der Waals surface area contributed by atoms with E-state index >= 15 is 0 Å².